The molecule has 1 atom stereocenters. The predicted octanol–water partition coefficient (Wildman–Crippen LogP) is 3.08. The first kappa shape index (κ1) is 19.0. The van der Waals surface area contributed by atoms with Crippen molar-refractivity contribution in [3.05, 3.63) is 51.7 Å². The minimum atomic E-state index is -3.72. The predicted molar refractivity (Wildman–Crippen MR) is 100 cm³/mol. The molecule has 1 aromatic heterocycles. The first-order chi connectivity index (χ1) is 12.4. The molecule has 8 heteroatoms. The second-order valence-corrected chi connectivity index (χ2v) is 9.03. The number of hydrogen-bond acceptors (Lipinski definition) is 5. The summed E-state index contributed by atoms with van der Waals surface area (Å²) in [5.74, 6) is -0.0715. The van der Waals surface area contributed by atoms with Gasteiger partial charge < -0.3 is 4.90 Å². The maximum Gasteiger partial charge on any atom is 0.264 e. The fourth-order valence-electron chi connectivity index (χ4n) is 3.26. The SMILES string of the molecule is CCC1c2ccsc2CCN1C(=O)c1ccc(S(=O)(=O)N(C)OC)cc1. The third-order valence-corrected chi connectivity index (χ3v) is 7.43. The van der Waals surface area contributed by atoms with Crippen molar-refractivity contribution in [2.45, 2.75) is 30.7 Å². The molecule has 0 aliphatic carbocycles. The minimum Gasteiger partial charge on any atom is -0.331 e. The topological polar surface area (TPSA) is 66.9 Å². The summed E-state index contributed by atoms with van der Waals surface area (Å²) < 4.78 is 25.3. The van der Waals surface area contributed by atoms with Crippen LogP contribution in [0.2, 0.25) is 0 Å². The van der Waals surface area contributed by atoms with Crippen LogP contribution in [-0.4, -0.2) is 44.4 Å². The lowest BCUT2D eigenvalue weighted by molar-refractivity contribution is -0.0258. The summed E-state index contributed by atoms with van der Waals surface area (Å²) in [6.07, 6.45) is 1.71. The van der Waals surface area contributed by atoms with E-state index < -0.39 is 10.0 Å². The lowest BCUT2D eigenvalue weighted by Gasteiger charge is -2.35. The maximum atomic E-state index is 13.0. The highest BCUT2D eigenvalue weighted by Gasteiger charge is 2.31. The van der Waals surface area contributed by atoms with Crippen LogP contribution >= 0.6 is 11.3 Å². The number of hydroxylamine groups is 1. The molecular formula is C18H22N2O4S2. The van der Waals surface area contributed by atoms with Gasteiger partial charge in [0.2, 0.25) is 0 Å². The monoisotopic (exact) mass is 394 g/mol. The Morgan fingerprint density at radius 3 is 2.62 bits per heavy atom. The zero-order valence-corrected chi connectivity index (χ0v) is 16.6. The summed E-state index contributed by atoms with van der Waals surface area (Å²) in [5.41, 5.74) is 1.72. The molecule has 1 amide bonds. The first-order valence-electron chi connectivity index (χ1n) is 8.40. The Balaban J connectivity index is 1.85. The van der Waals surface area contributed by atoms with Crippen molar-refractivity contribution < 1.29 is 18.0 Å². The van der Waals surface area contributed by atoms with Crippen molar-refractivity contribution in [1.82, 2.24) is 9.37 Å². The van der Waals surface area contributed by atoms with E-state index in [-0.39, 0.29) is 16.8 Å². The molecule has 1 aliphatic rings. The Kier molecular flexibility index (Phi) is 5.47. The number of hydrogen-bond donors (Lipinski definition) is 0. The summed E-state index contributed by atoms with van der Waals surface area (Å²) in [6, 6.07) is 8.19. The molecule has 0 N–H and O–H groups in total. The van der Waals surface area contributed by atoms with E-state index in [2.05, 4.69) is 18.4 Å². The second-order valence-electron chi connectivity index (χ2n) is 6.09. The van der Waals surface area contributed by atoms with Gasteiger partial charge in [0.15, 0.2) is 0 Å². The normalized spacial score (nSPS) is 17.4. The number of sulfonamides is 1. The van der Waals surface area contributed by atoms with Gasteiger partial charge in [0.25, 0.3) is 15.9 Å². The van der Waals surface area contributed by atoms with Crippen molar-refractivity contribution in [2.75, 3.05) is 20.7 Å². The molecule has 0 radical (unpaired) electrons. The molecule has 2 heterocycles. The van der Waals surface area contributed by atoms with Gasteiger partial charge in [-0.05, 0) is 54.1 Å². The van der Waals surface area contributed by atoms with Gasteiger partial charge >= 0.3 is 0 Å². The summed E-state index contributed by atoms with van der Waals surface area (Å²) in [6.45, 7) is 2.76. The van der Waals surface area contributed by atoms with Gasteiger partial charge in [-0.1, -0.05) is 11.4 Å². The van der Waals surface area contributed by atoms with Crippen LogP contribution in [0.15, 0.2) is 40.6 Å². The largest absolute Gasteiger partial charge is 0.331 e. The van der Waals surface area contributed by atoms with Crippen LogP contribution in [0.5, 0.6) is 0 Å². The fourth-order valence-corrected chi connectivity index (χ4v) is 5.16. The Labute approximate surface area is 158 Å². The average molecular weight is 395 g/mol. The number of nitrogens with zero attached hydrogens (tertiary/aromatic N) is 2. The molecule has 26 heavy (non-hydrogen) atoms. The summed E-state index contributed by atoms with van der Waals surface area (Å²) in [5, 5.41) is 2.08. The van der Waals surface area contributed by atoms with E-state index in [9.17, 15) is 13.2 Å². The molecule has 0 saturated heterocycles. The highest BCUT2D eigenvalue weighted by Crippen LogP contribution is 2.36. The number of rotatable bonds is 5. The van der Waals surface area contributed by atoms with Gasteiger partial charge in [-0.25, -0.2) is 8.42 Å². The quantitative estimate of drug-likeness (QED) is 0.731. The number of carbonyl (C=O) groups is 1. The number of benzene rings is 1. The van der Waals surface area contributed by atoms with Crippen LogP contribution in [0.25, 0.3) is 0 Å². The molecular weight excluding hydrogens is 372 g/mol. The molecule has 1 aliphatic heterocycles. The number of amides is 1. The molecule has 140 valence electrons. The number of thiophene rings is 1. The van der Waals surface area contributed by atoms with E-state index in [1.165, 1.54) is 36.7 Å². The Bertz CT molecular complexity index is 890. The van der Waals surface area contributed by atoms with Crippen LogP contribution in [0, 0.1) is 0 Å². The van der Waals surface area contributed by atoms with Gasteiger partial charge in [-0.3, -0.25) is 9.63 Å². The molecule has 6 nitrogen and oxygen atoms in total. The zero-order chi connectivity index (χ0) is 18.9. The maximum absolute atomic E-state index is 13.0. The van der Waals surface area contributed by atoms with Crippen LogP contribution in [0.4, 0.5) is 0 Å². The standard InChI is InChI=1S/C18H22N2O4S2/c1-4-16-15-10-12-25-17(15)9-11-20(16)18(21)13-5-7-14(8-6-13)26(22,23)19(2)24-3/h5-8,10,12,16H,4,9,11H2,1-3H3. The van der Waals surface area contributed by atoms with Gasteiger partial charge in [-0.15, -0.1) is 11.3 Å². The summed E-state index contributed by atoms with van der Waals surface area (Å²) >= 11 is 1.74. The molecule has 3 rings (SSSR count). The molecule has 1 aromatic carbocycles. The average Bonchev–Trinajstić information content (AvgIpc) is 3.14. The molecule has 2 aromatic rings. The zero-order valence-electron chi connectivity index (χ0n) is 15.0. The van der Waals surface area contributed by atoms with Crippen LogP contribution in [0.1, 0.15) is 40.2 Å². The van der Waals surface area contributed by atoms with E-state index in [0.29, 0.717) is 12.1 Å². The number of fused-ring (bicyclic) bond motifs is 1. The van der Waals surface area contributed by atoms with Crippen LogP contribution in [0.3, 0.4) is 0 Å². The van der Waals surface area contributed by atoms with Crippen molar-refractivity contribution in [3.63, 3.8) is 0 Å². The van der Waals surface area contributed by atoms with Gasteiger partial charge in [-0.2, -0.15) is 0 Å². The highest BCUT2D eigenvalue weighted by molar-refractivity contribution is 7.89. The van der Waals surface area contributed by atoms with Crippen molar-refractivity contribution in [1.29, 1.82) is 0 Å². The lowest BCUT2D eigenvalue weighted by atomic mass is 9.97. The van der Waals surface area contributed by atoms with Crippen molar-refractivity contribution in [3.8, 4) is 0 Å². The lowest BCUT2D eigenvalue weighted by Crippen LogP contribution is -2.39. The molecule has 0 fully saturated rings. The highest BCUT2D eigenvalue weighted by atomic mass is 32.2. The van der Waals surface area contributed by atoms with Crippen molar-refractivity contribution >= 4 is 27.3 Å². The number of carbonyl (C=O) groups excluding carboxylic acids is 1. The molecule has 1 unspecified atom stereocenters. The van der Waals surface area contributed by atoms with Crippen LogP contribution < -0.4 is 0 Å². The molecule has 0 saturated carbocycles. The summed E-state index contributed by atoms with van der Waals surface area (Å²) in [4.78, 5) is 21.1. The van der Waals surface area contributed by atoms with E-state index >= 15 is 0 Å². The van der Waals surface area contributed by atoms with Gasteiger partial charge in [0, 0.05) is 24.0 Å². The van der Waals surface area contributed by atoms with Crippen LogP contribution in [-0.2, 0) is 21.3 Å². The molecule has 0 bridgehead atoms. The fraction of sp³-hybridized carbons (Fsp3) is 0.389. The Hall–Kier alpha value is -1.74. The smallest absolute Gasteiger partial charge is 0.264 e. The second kappa shape index (κ2) is 7.48. The third kappa shape index (κ3) is 3.29. The third-order valence-electron chi connectivity index (χ3n) is 4.74. The van der Waals surface area contributed by atoms with E-state index in [4.69, 9.17) is 4.84 Å². The first-order valence-corrected chi connectivity index (χ1v) is 10.7. The van der Waals surface area contributed by atoms with Crippen molar-refractivity contribution in [2.24, 2.45) is 0 Å². The Morgan fingerprint density at radius 2 is 2.00 bits per heavy atom. The van der Waals surface area contributed by atoms with Gasteiger partial charge in [0.1, 0.15) is 0 Å². The molecule has 0 spiro atoms. The van der Waals surface area contributed by atoms with E-state index in [0.717, 1.165) is 17.3 Å². The van der Waals surface area contributed by atoms with E-state index in [1.807, 2.05) is 4.90 Å². The summed E-state index contributed by atoms with van der Waals surface area (Å²) in [7, 11) is -1.10. The Morgan fingerprint density at radius 1 is 1.31 bits per heavy atom. The minimum absolute atomic E-state index is 0.0699. The van der Waals surface area contributed by atoms with Gasteiger partial charge in [0.05, 0.1) is 18.0 Å². The van der Waals surface area contributed by atoms with E-state index in [1.54, 1.807) is 23.5 Å².